The summed E-state index contributed by atoms with van der Waals surface area (Å²) in [6.45, 7) is 6.14. The summed E-state index contributed by atoms with van der Waals surface area (Å²) in [6, 6.07) is 12.6. The minimum atomic E-state index is 0.442. The van der Waals surface area contributed by atoms with Crippen molar-refractivity contribution >= 4 is 6.08 Å². The Morgan fingerprint density at radius 2 is 2.00 bits per heavy atom. The molecule has 0 unspecified atom stereocenters. The van der Waals surface area contributed by atoms with Crippen LogP contribution in [0.3, 0.4) is 0 Å². The number of hydrogen-bond acceptors (Lipinski definition) is 3. The SMILES string of the molecule is CC(C)NCc1occc1COCC=Cc1ccccc1. The molecule has 2 rings (SSSR count). The number of hydrogen-bond donors (Lipinski definition) is 1. The van der Waals surface area contributed by atoms with Crippen molar-refractivity contribution in [2.75, 3.05) is 6.61 Å². The van der Waals surface area contributed by atoms with E-state index in [9.17, 15) is 0 Å². The summed E-state index contributed by atoms with van der Waals surface area (Å²) in [5.41, 5.74) is 2.29. The molecule has 1 aromatic carbocycles. The zero-order valence-corrected chi connectivity index (χ0v) is 12.7. The van der Waals surface area contributed by atoms with Gasteiger partial charge in [0.1, 0.15) is 5.76 Å². The van der Waals surface area contributed by atoms with E-state index in [1.807, 2.05) is 30.3 Å². The van der Waals surface area contributed by atoms with Gasteiger partial charge in [0.05, 0.1) is 26.0 Å². The Morgan fingerprint density at radius 1 is 1.19 bits per heavy atom. The second kappa shape index (κ2) is 8.45. The zero-order valence-electron chi connectivity index (χ0n) is 12.7. The van der Waals surface area contributed by atoms with Gasteiger partial charge >= 0.3 is 0 Å². The highest BCUT2D eigenvalue weighted by atomic mass is 16.5. The van der Waals surface area contributed by atoms with Crippen LogP contribution in [0, 0.1) is 0 Å². The lowest BCUT2D eigenvalue weighted by atomic mass is 10.2. The van der Waals surface area contributed by atoms with E-state index >= 15 is 0 Å². The third kappa shape index (κ3) is 5.58. The summed E-state index contributed by atoms with van der Waals surface area (Å²) in [7, 11) is 0. The molecule has 0 spiro atoms. The van der Waals surface area contributed by atoms with Crippen LogP contribution in [0.15, 0.2) is 53.2 Å². The minimum absolute atomic E-state index is 0.442. The van der Waals surface area contributed by atoms with Crippen LogP contribution >= 0.6 is 0 Å². The Labute approximate surface area is 126 Å². The van der Waals surface area contributed by atoms with Crippen molar-refractivity contribution in [2.45, 2.75) is 33.0 Å². The maximum Gasteiger partial charge on any atom is 0.123 e. The molecule has 112 valence electrons. The predicted octanol–water partition coefficient (Wildman–Crippen LogP) is 4.01. The molecule has 0 saturated carbocycles. The average Bonchev–Trinajstić information content (AvgIpc) is 2.93. The number of nitrogens with one attached hydrogen (secondary N) is 1. The van der Waals surface area contributed by atoms with Crippen molar-refractivity contribution in [1.29, 1.82) is 0 Å². The second-order valence-corrected chi connectivity index (χ2v) is 5.23. The van der Waals surface area contributed by atoms with Gasteiger partial charge in [-0.15, -0.1) is 0 Å². The molecule has 2 aromatic rings. The highest BCUT2D eigenvalue weighted by molar-refractivity contribution is 5.48. The molecule has 1 N–H and O–H groups in total. The van der Waals surface area contributed by atoms with Gasteiger partial charge in [0.25, 0.3) is 0 Å². The van der Waals surface area contributed by atoms with E-state index in [-0.39, 0.29) is 0 Å². The van der Waals surface area contributed by atoms with E-state index in [0.29, 0.717) is 19.3 Å². The Hall–Kier alpha value is -1.84. The fourth-order valence-electron chi connectivity index (χ4n) is 1.93. The molecule has 21 heavy (non-hydrogen) atoms. The molecule has 3 heteroatoms. The van der Waals surface area contributed by atoms with Crippen LogP contribution < -0.4 is 5.32 Å². The normalized spacial score (nSPS) is 11.6. The molecule has 0 aliphatic heterocycles. The molecule has 0 bridgehead atoms. The smallest absolute Gasteiger partial charge is 0.123 e. The first-order chi connectivity index (χ1) is 10.3. The van der Waals surface area contributed by atoms with E-state index in [2.05, 4.69) is 37.4 Å². The molecule has 0 aliphatic carbocycles. The summed E-state index contributed by atoms with van der Waals surface area (Å²) in [6.07, 6.45) is 5.81. The quantitative estimate of drug-likeness (QED) is 0.744. The van der Waals surface area contributed by atoms with Gasteiger partial charge in [0, 0.05) is 11.6 Å². The first kappa shape index (κ1) is 15.5. The molecule has 0 amide bonds. The lowest BCUT2D eigenvalue weighted by molar-refractivity contribution is 0.147. The van der Waals surface area contributed by atoms with Gasteiger partial charge < -0.3 is 14.5 Å². The van der Waals surface area contributed by atoms with Crippen LogP contribution in [0.25, 0.3) is 6.08 Å². The molecule has 0 atom stereocenters. The van der Waals surface area contributed by atoms with Crippen molar-refractivity contribution in [3.63, 3.8) is 0 Å². The molecular weight excluding hydrogens is 262 g/mol. The van der Waals surface area contributed by atoms with Crippen LogP contribution in [0.5, 0.6) is 0 Å². The first-order valence-corrected chi connectivity index (χ1v) is 7.33. The highest BCUT2D eigenvalue weighted by Crippen LogP contribution is 2.12. The number of ether oxygens (including phenoxy) is 1. The maximum atomic E-state index is 5.67. The lowest BCUT2D eigenvalue weighted by Gasteiger charge is -2.07. The Bertz CT molecular complexity index is 543. The van der Waals surface area contributed by atoms with Gasteiger partial charge in [-0.05, 0) is 11.6 Å². The Morgan fingerprint density at radius 3 is 2.76 bits per heavy atom. The van der Waals surface area contributed by atoms with Crippen molar-refractivity contribution in [2.24, 2.45) is 0 Å². The van der Waals surface area contributed by atoms with Gasteiger partial charge in [-0.25, -0.2) is 0 Å². The predicted molar refractivity (Wildman–Crippen MR) is 85.8 cm³/mol. The first-order valence-electron chi connectivity index (χ1n) is 7.33. The van der Waals surface area contributed by atoms with Crippen molar-refractivity contribution < 1.29 is 9.15 Å². The fourth-order valence-corrected chi connectivity index (χ4v) is 1.93. The van der Waals surface area contributed by atoms with Gasteiger partial charge in [-0.1, -0.05) is 56.3 Å². The average molecular weight is 285 g/mol. The van der Waals surface area contributed by atoms with Crippen LogP contribution in [0.2, 0.25) is 0 Å². The number of benzene rings is 1. The summed E-state index contributed by atoms with van der Waals surface area (Å²) in [4.78, 5) is 0. The van der Waals surface area contributed by atoms with Crippen LogP contribution in [0.1, 0.15) is 30.7 Å². The van der Waals surface area contributed by atoms with Crippen LogP contribution in [0.4, 0.5) is 0 Å². The van der Waals surface area contributed by atoms with Gasteiger partial charge in [0.2, 0.25) is 0 Å². The summed E-state index contributed by atoms with van der Waals surface area (Å²) < 4.78 is 11.2. The molecule has 0 fully saturated rings. The minimum Gasteiger partial charge on any atom is -0.468 e. The molecule has 0 saturated heterocycles. The standard InChI is InChI=1S/C18H23NO2/c1-15(2)19-13-18-17(10-12-21-18)14-20-11-6-9-16-7-4-3-5-8-16/h3-10,12,15,19H,11,13-14H2,1-2H3. The van der Waals surface area contributed by atoms with Gasteiger partial charge in [0.15, 0.2) is 0 Å². The third-order valence-corrected chi connectivity index (χ3v) is 3.09. The monoisotopic (exact) mass is 285 g/mol. The van der Waals surface area contributed by atoms with E-state index in [1.165, 1.54) is 5.56 Å². The van der Waals surface area contributed by atoms with Crippen molar-refractivity contribution in [3.05, 3.63) is 65.6 Å². The third-order valence-electron chi connectivity index (χ3n) is 3.09. The number of rotatable bonds is 8. The van der Waals surface area contributed by atoms with Crippen molar-refractivity contribution in [1.82, 2.24) is 5.32 Å². The van der Waals surface area contributed by atoms with Gasteiger partial charge in [-0.2, -0.15) is 0 Å². The lowest BCUT2D eigenvalue weighted by Crippen LogP contribution is -2.22. The van der Waals surface area contributed by atoms with E-state index in [0.717, 1.165) is 17.9 Å². The van der Waals surface area contributed by atoms with E-state index in [1.54, 1.807) is 6.26 Å². The largest absolute Gasteiger partial charge is 0.468 e. The highest BCUT2D eigenvalue weighted by Gasteiger charge is 2.06. The van der Waals surface area contributed by atoms with E-state index in [4.69, 9.17) is 9.15 Å². The fraction of sp³-hybridized carbons (Fsp3) is 0.333. The summed E-state index contributed by atoms with van der Waals surface area (Å²) >= 11 is 0. The molecule has 0 radical (unpaired) electrons. The molecular formula is C18H23NO2. The van der Waals surface area contributed by atoms with Crippen LogP contribution in [-0.2, 0) is 17.9 Å². The number of furan rings is 1. The zero-order chi connectivity index (χ0) is 14.9. The van der Waals surface area contributed by atoms with Crippen LogP contribution in [-0.4, -0.2) is 12.6 Å². The van der Waals surface area contributed by atoms with Crippen molar-refractivity contribution in [3.8, 4) is 0 Å². The van der Waals surface area contributed by atoms with E-state index < -0.39 is 0 Å². The second-order valence-electron chi connectivity index (χ2n) is 5.23. The maximum absolute atomic E-state index is 5.67. The molecule has 0 aliphatic rings. The summed E-state index contributed by atoms with van der Waals surface area (Å²) in [5.74, 6) is 0.954. The van der Waals surface area contributed by atoms with Gasteiger partial charge in [-0.3, -0.25) is 0 Å². The molecule has 3 nitrogen and oxygen atoms in total. The summed E-state index contributed by atoms with van der Waals surface area (Å²) in [5, 5.41) is 3.35. The Kier molecular flexibility index (Phi) is 6.25. The topological polar surface area (TPSA) is 34.4 Å². The molecule has 1 aromatic heterocycles. The molecule has 1 heterocycles. The Balaban J connectivity index is 1.74.